The molecular weight excluding hydrogens is 415 g/mol. The summed E-state index contributed by atoms with van der Waals surface area (Å²) in [5.41, 5.74) is 0. The first kappa shape index (κ1) is 32.4. The predicted octanol–water partition coefficient (Wildman–Crippen LogP) is 11.3. The first-order valence-corrected chi connectivity index (χ1v) is 17.7. The fourth-order valence-corrected chi connectivity index (χ4v) is 10.4. The Morgan fingerprint density at radius 3 is 0.788 bits per heavy atom. The summed E-state index contributed by atoms with van der Waals surface area (Å²) < 4.78 is 0. The van der Waals surface area contributed by atoms with E-state index >= 15 is 0 Å². The van der Waals surface area contributed by atoms with Gasteiger partial charge in [0.15, 0.2) is 0 Å². The molecule has 0 aliphatic rings. The van der Waals surface area contributed by atoms with Gasteiger partial charge in [0.05, 0.1) is 0 Å². The molecule has 1 heteroatoms. The van der Waals surface area contributed by atoms with Gasteiger partial charge in [0.2, 0.25) is 0 Å². The maximum absolute atomic E-state index is 2.42. The van der Waals surface area contributed by atoms with Crippen molar-refractivity contribution in [2.24, 2.45) is 0 Å². The fourth-order valence-electron chi connectivity index (χ4n) is 4.94. The molecule has 33 heavy (non-hydrogen) atoms. The maximum atomic E-state index is 2.42. The molecule has 0 aliphatic carbocycles. The normalized spacial score (nSPS) is 13.5. The first-order valence-electron chi connectivity index (χ1n) is 14.8. The first-order chi connectivity index (χ1) is 16.2. The van der Waals surface area contributed by atoms with Crippen LogP contribution in [-0.4, -0.2) is 24.6 Å². The molecule has 0 aromatic carbocycles. The third-order valence-corrected chi connectivity index (χ3v) is 12.6. The van der Waals surface area contributed by atoms with E-state index in [1.54, 1.807) is 24.6 Å². The average Bonchev–Trinajstić information content (AvgIpc) is 2.83. The van der Waals surface area contributed by atoms with E-state index in [1.807, 2.05) is 0 Å². The average molecular weight is 477 g/mol. The summed E-state index contributed by atoms with van der Waals surface area (Å²) in [6, 6.07) is 0. The molecule has 0 aromatic heterocycles. The van der Waals surface area contributed by atoms with Gasteiger partial charge in [-0.05, 0) is 0 Å². The molecule has 194 valence electrons. The Balaban J connectivity index is 4.94. The molecule has 0 saturated heterocycles. The summed E-state index contributed by atoms with van der Waals surface area (Å²) in [4.78, 5) is 0. The van der Waals surface area contributed by atoms with Crippen LogP contribution >= 0.6 is 7.26 Å². The van der Waals surface area contributed by atoms with Crippen molar-refractivity contribution in [1.29, 1.82) is 0 Å². The van der Waals surface area contributed by atoms with Crippen LogP contribution in [0.3, 0.4) is 0 Å². The molecule has 0 aromatic rings. The minimum absolute atomic E-state index is 1.17. The SMILES string of the molecule is CC/C=C/CCCC[PH](CCCC/C=C/CC)(CCCC/C=C/CC)CCCC/C=C/CC. The van der Waals surface area contributed by atoms with Crippen molar-refractivity contribution in [2.45, 2.75) is 130 Å². The summed E-state index contributed by atoms with van der Waals surface area (Å²) in [6.07, 6.45) is 46.9. The second kappa shape index (κ2) is 26.0. The zero-order valence-electron chi connectivity index (χ0n) is 23.3. The van der Waals surface area contributed by atoms with Gasteiger partial charge in [0.25, 0.3) is 0 Å². The van der Waals surface area contributed by atoms with Crippen LogP contribution in [0.2, 0.25) is 0 Å². The van der Waals surface area contributed by atoms with Crippen LogP contribution in [0.25, 0.3) is 0 Å². The van der Waals surface area contributed by atoms with E-state index in [0.717, 1.165) is 0 Å². The van der Waals surface area contributed by atoms with E-state index in [9.17, 15) is 0 Å². The molecule has 0 radical (unpaired) electrons. The molecule has 0 atom stereocenters. The van der Waals surface area contributed by atoms with E-state index in [0.29, 0.717) is 0 Å². The van der Waals surface area contributed by atoms with Crippen LogP contribution < -0.4 is 0 Å². The molecule has 0 heterocycles. The van der Waals surface area contributed by atoms with Crippen molar-refractivity contribution in [3.63, 3.8) is 0 Å². The molecule has 0 N–H and O–H groups in total. The number of allylic oxidation sites excluding steroid dienone is 8. The van der Waals surface area contributed by atoms with Gasteiger partial charge in [-0.25, -0.2) is 0 Å². The predicted molar refractivity (Wildman–Crippen MR) is 161 cm³/mol. The molecule has 0 fully saturated rings. The number of hydrogen-bond donors (Lipinski definition) is 0. The number of unbranched alkanes of at least 4 members (excludes halogenated alkanes) is 8. The van der Waals surface area contributed by atoms with E-state index in [2.05, 4.69) is 76.3 Å². The molecule has 0 amide bonds. The topological polar surface area (TPSA) is 0 Å². The zero-order valence-corrected chi connectivity index (χ0v) is 24.3. The third kappa shape index (κ3) is 21.6. The van der Waals surface area contributed by atoms with Gasteiger partial charge in [-0.15, -0.1) is 0 Å². The van der Waals surface area contributed by atoms with Crippen molar-refractivity contribution < 1.29 is 0 Å². The Morgan fingerprint density at radius 2 is 0.576 bits per heavy atom. The summed E-state index contributed by atoms with van der Waals surface area (Å²) in [6.45, 7) is 8.98. The van der Waals surface area contributed by atoms with Gasteiger partial charge in [-0.3, -0.25) is 0 Å². The summed E-state index contributed by atoms with van der Waals surface area (Å²) in [5, 5.41) is 0. The standard InChI is InChI=1S/C32H61P/c1-5-9-13-17-21-25-29-33(30-26-22-18-14-10-6-2,31-27-23-19-15-11-7-3)32-28-24-20-16-12-8-4/h9-16,33H,5-8,17-32H2,1-4H3/b13-9+,14-10+,15-11+,16-12+. The van der Waals surface area contributed by atoms with Crippen molar-refractivity contribution in [3.8, 4) is 0 Å². The van der Waals surface area contributed by atoms with Crippen LogP contribution in [0.15, 0.2) is 48.6 Å². The second-order valence-corrected chi connectivity index (χ2v) is 15.0. The monoisotopic (exact) mass is 476 g/mol. The Labute approximate surface area is 210 Å². The summed E-state index contributed by atoms with van der Waals surface area (Å²) in [7, 11) is -1.17. The van der Waals surface area contributed by atoms with Gasteiger partial charge < -0.3 is 0 Å². The summed E-state index contributed by atoms with van der Waals surface area (Å²) >= 11 is 0. The molecule has 0 rings (SSSR count). The summed E-state index contributed by atoms with van der Waals surface area (Å²) in [5.74, 6) is 0. The van der Waals surface area contributed by atoms with Crippen LogP contribution in [0, 0.1) is 0 Å². The Hall–Kier alpha value is -0.610. The van der Waals surface area contributed by atoms with Crippen molar-refractivity contribution in [3.05, 3.63) is 48.6 Å². The van der Waals surface area contributed by atoms with Crippen molar-refractivity contribution in [2.75, 3.05) is 24.6 Å². The Bertz CT molecular complexity index is 403. The Kier molecular flexibility index (Phi) is 25.5. The molecule has 0 nitrogen and oxygen atoms in total. The quantitative estimate of drug-likeness (QED) is 0.0738. The molecule has 0 bridgehead atoms. The van der Waals surface area contributed by atoms with Crippen LogP contribution in [0.5, 0.6) is 0 Å². The van der Waals surface area contributed by atoms with Gasteiger partial charge >= 0.3 is 211 Å². The van der Waals surface area contributed by atoms with E-state index < -0.39 is 7.26 Å². The second-order valence-electron chi connectivity index (χ2n) is 10.0. The van der Waals surface area contributed by atoms with Crippen molar-refractivity contribution >= 4 is 7.26 Å². The molecule has 0 unspecified atom stereocenters. The van der Waals surface area contributed by atoms with Crippen LogP contribution in [-0.2, 0) is 0 Å². The van der Waals surface area contributed by atoms with Gasteiger partial charge in [0, 0.05) is 0 Å². The van der Waals surface area contributed by atoms with Crippen LogP contribution in [0.1, 0.15) is 130 Å². The molecular formula is C32H61P. The zero-order chi connectivity index (χ0) is 24.3. The third-order valence-electron chi connectivity index (χ3n) is 6.92. The molecule has 0 spiro atoms. The van der Waals surface area contributed by atoms with E-state index in [1.165, 1.54) is 103 Å². The Morgan fingerprint density at radius 1 is 0.333 bits per heavy atom. The number of hydrogen-bond acceptors (Lipinski definition) is 0. The van der Waals surface area contributed by atoms with E-state index in [-0.39, 0.29) is 0 Å². The minimum atomic E-state index is -1.17. The number of rotatable bonds is 24. The van der Waals surface area contributed by atoms with Gasteiger partial charge in [0.1, 0.15) is 0 Å². The van der Waals surface area contributed by atoms with Crippen LogP contribution in [0.4, 0.5) is 0 Å². The fraction of sp³-hybridized carbons (Fsp3) is 0.750. The van der Waals surface area contributed by atoms with E-state index in [4.69, 9.17) is 0 Å². The van der Waals surface area contributed by atoms with Crippen molar-refractivity contribution in [1.82, 2.24) is 0 Å². The van der Waals surface area contributed by atoms with Gasteiger partial charge in [-0.2, -0.15) is 0 Å². The van der Waals surface area contributed by atoms with Gasteiger partial charge in [-0.1, -0.05) is 0 Å². The molecule has 0 saturated carbocycles. The molecule has 0 aliphatic heterocycles.